The van der Waals surface area contributed by atoms with Crippen molar-refractivity contribution >= 4 is 46.1 Å². The van der Waals surface area contributed by atoms with Gasteiger partial charge >= 0.3 is 29.2 Å². The summed E-state index contributed by atoms with van der Waals surface area (Å²) in [5.41, 5.74) is -1.00. The number of halogens is 1. The number of nitrogens with one attached hydrogen (secondary N) is 1. The van der Waals surface area contributed by atoms with Crippen molar-refractivity contribution in [1.82, 2.24) is 9.55 Å². The highest BCUT2D eigenvalue weighted by Crippen LogP contribution is 2.66. The van der Waals surface area contributed by atoms with Crippen molar-refractivity contribution < 1.29 is 56.3 Å². The topological polar surface area (TPSA) is 244 Å². The van der Waals surface area contributed by atoms with Crippen molar-refractivity contribution in [1.29, 1.82) is 0 Å². The normalized spacial score (nSPS) is 22.2. The molecule has 192 valence electrons. The lowest BCUT2D eigenvalue weighted by Gasteiger charge is -2.19. The van der Waals surface area contributed by atoms with Crippen LogP contribution in [0.4, 0.5) is 0 Å². The molecule has 0 aliphatic carbocycles. The first-order valence-corrected chi connectivity index (χ1v) is 15.1. The van der Waals surface area contributed by atoms with E-state index in [0.717, 1.165) is 15.4 Å². The van der Waals surface area contributed by atoms with Gasteiger partial charge in [0, 0.05) is 22.8 Å². The molecule has 2 heterocycles. The van der Waals surface area contributed by atoms with E-state index in [-0.39, 0.29) is 18.4 Å². The number of ether oxygens (including phenoxy) is 1. The van der Waals surface area contributed by atoms with Crippen LogP contribution in [0, 0.1) is 6.92 Å². The standard InChI is InChI=1S/C10H17N2O13P3.C3H7IO/c1-6-4-12(10(14)11-9(6)13)8-3-2-7(23-8)5-22-27(18,19)25-28(20,21)24-26(15,16)17;4-2-1-3-5/h4,7-8H,2-3,5H2,1H3,(H,18,19)(H,20,21)(H,11,13,14)(H2,15,16,17);5H,1-3H2/t7-,8+;/m0./s1. The number of rotatable bonds is 10. The third kappa shape index (κ3) is 11.8. The van der Waals surface area contributed by atoms with Gasteiger partial charge in [-0.25, -0.2) is 18.5 Å². The first kappa shape index (κ1) is 30.8. The van der Waals surface area contributed by atoms with Gasteiger partial charge in [0.15, 0.2) is 0 Å². The molecule has 1 aliphatic heterocycles. The van der Waals surface area contributed by atoms with Crippen molar-refractivity contribution in [2.45, 2.75) is 38.5 Å². The second-order valence-corrected chi connectivity index (χ2v) is 11.9. The number of aliphatic hydroxyl groups is 1. The molecule has 1 aliphatic rings. The van der Waals surface area contributed by atoms with Crippen molar-refractivity contribution in [3.63, 3.8) is 0 Å². The molecule has 0 radical (unpaired) electrons. The lowest BCUT2D eigenvalue weighted by molar-refractivity contribution is -0.0244. The molecule has 0 bridgehead atoms. The number of phosphoric ester groups is 1. The minimum atomic E-state index is -5.59. The fraction of sp³-hybridized carbons (Fsp3) is 0.692. The summed E-state index contributed by atoms with van der Waals surface area (Å²) in [6.07, 6.45) is 1.14. The van der Waals surface area contributed by atoms with Crippen LogP contribution in [-0.2, 0) is 31.6 Å². The summed E-state index contributed by atoms with van der Waals surface area (Å²) in [5, 5.41) is 8.06. The van der Waals surface area contributed by atoms with Crippen LogP contribution in [0.5, 0.6) is 0 Å². The summed E-state index contributed by atoms with van der Waals surface area (Å²) in [6, 6.07) is 0. The SMILES string of the molecule is Cc1cn([C@H]2CC[C@@H](COP(=O)(O)O[P@@](=O)(O)OP(=O)(O)O)O2)c(=O)[nH]c1=O.OCCCI. The summed E-state index contributed by atoms with van der Waals surface area (Å²) >= 11 is 2.23. The lowest BCUT2D eigenvalue weighted by atomic mass is 10.2. The number of phosphoric acid groups is 3. The number of nitrogens with zero attached hydrogens (tertiary/aromatic N) is 1. The van der Waals surface area contributed by atoms with Gasteiger partial charge in [-0.3, -0.25) is 18.9 Å². The third-order valence-corrected chi connectivity index (χ3v) is 8.24. The van der Waals surface area contributed by atoms with Gasteiger partial charge < -0.3 is 29.4 Å². The predicted octanol–water partition coefficient (Wildman–Crippen LogP) is 0.670. The number of H-pyrrole nitrogens is 1. The highest BCUT2D eigenvalue weighted by Gasteiger charge is 2.41. The lowest BCUT2D eigenvalue weighted by Crippen LogP contribution is -2.33. The smallest absolute Gasteiger partial charge is 0.396 e. The van der Waals surface area contributed by atoms with E-state index < -0.39 is 53.7 Å². The molecule has 1 unspecified atom stereocenters. The molecule has 0 saturated carbocycles. The highest BCUT2D eigenvalue weighted by molar-refractivity contribution is 14.1. The number of aromatic nitrogens is 2. The van der Waals surface area contributed by atoms with E-state index in [2.05, 4.69) is 40.7 Å². The summed E-state index contributed by atoms with van der Waals surface area (Å²) in [4.78, 5) is 60.6. The zero-order valence-corrected chi connectivity index (χ0v) is 21.9. The Bertz CT molecular complexity index is 1040. The Hall–Kier alpha value is -0.260. The van der Waals surface area contributed by atoms with Crippen LogP contribution >= 0.6 is 46.1 Å². The quantitative estimate of drug-likeness (QED) is 0.116. The van der Waals surface area contributed by atoms with Gasteiger partial charge in [-0.1, -0.05) is 22.6 Å². The Morgan fingerprint density at radius 2 is 1.79 bits per heavy atom. The van der Waals surface area contributed by atoms with Crippen LogP contribution in [0.2, 0.25) is 0 Å². The van der Waals surface area contributed by atoms with E-state index >= 15 is 0 Å². The molecule has 6 N–H and O–H groups in total. The maximum absolute atomic E-state index is 11.8. The van der Waals surface area contributed by atoms with E-state index in [1.165, 1.54) is 13.1 Å². The van der Waals surface area contributed by atoms with Crippen LogP contribution in [0.25, 0.3) is 0 Å². The van der Waals surface area contributed by atoms with E-state index in [9.17, 15) is 28.2 Å². The van der Waals surface area contributed by atoms with Crippen molar-refractivity contribution in [3.8, 4) is 0 Å². The molecule has 1 aromatic rings. The molecule has 20 heteroatoms. The van der Waals surface area contributed by atoms with Gasteiger partial charge in [-0.2, -0.15) is 8.62 Å². The maximum atomic E-state index is 11.8. The summed E-state index contributed by atoms with van der Waals surface area (Å²) in [7, 11) is -16.3. The van der Waals surface area contributed by atoms with Gasteiger partial charge in [-0.15, -0.1) is 0 Å². The molecule has 33 heavy (non-hydrogen) atoms. The number of hydrogen-bond acceptors (Lipinski definition) is 10. The van der Waals surface area contributed by atoms with Crippen LogP contribution in [0.3, 0.4) is 0 Å². The predicted molar refractivity (Wildman–Crippen MR) is 120 cm³/mol. The Labute approximate surface area is 200 Å². The van der Waals surface area contributed by atoms with Gasteiger partial charge in [0.2, 0.25) is 0 Å². The van der Waals surface area contributed by atoms with Crippen molar-refractivity contribution in [3.05, 3.63) is 32.6 Å². The van der Waals surface area contributed by atoms with Crippen LogP contribution in [0.15, 0.2) is 15.8 Å². The average Bonchev–Trinajstić information content (AvgIpc) is 3.10. The largest absolute Gasteiger partial charge is 0.490 e. The molecular formula is C13H24IN2O14P3. The first-order valence-electron chi connectivity index (χ1n) is 9.02. The van der Waals surface area contributed by atoms with Gasteiger partial charge in [-0.05, 0) is 26.2 Å². The molecule has 1 saturated heterocycles. The summed E-state index contributed by atoms with van der Waals surface area (Å²) in [6.45, 7) is 1.21. The molecule has 0 amide bonds. The molecule has 0 aromatic carbocycles. The number of aromatic amines is 1. The van der Waals surface area contributed by atoms with E-state index in [1.807, 2.05) is 0 Å². The van der Waals surface area contributed by atoms with Crippen LogP contribution in [0.1, 0.15) is 31.1 Å². The fourth-order valence-electron chi connectivity index (χ4n) is 2.35. The molecule has 16 nitrogen and oxygen atoms in total. The molecule has 0 spiro atoms. The minimum absolute atomic E-state index is 0.255. The van der Waals surface area contributed by atoms with E-state index in [1.54, 1.807) is 0 Å². The number of aliphatic hydroxyl groups excluding tert-OH is 1. The Kier molecular flexibility index (Phi) is 12.3. The van der Waals surface area contributed by atoms with Gasteiger partial charge in [0.1, 0.15) is 6.23 Å². The Balaban J connectivity index is 0.000000981. The second-order valence-electron chi connectivity index (χ2n) is 6.42. The first-order chi connectivity index (χ1) is 15.1. The number of aryl methyl sites for hydroxylation is 1. The monoisotopic (exact) mass is 652 g/mol. The minimum Gasteiger partial charge on any atom is -0.396 e. The summed E-state index contributed by atoms with van der Waals surface area (Å²) < 4.78 is 52.7. The number of alkyl halides is 1. The molecule has 1 fully saturated rings. The Morgan fingerprint density at radius 1 is 1.15 bits per heavy atom. The fourth-order valence-corrected chi connectivity index (χ4v) is 5.74. The zero-order valence-electron chi connectivity index (χ0n) is 17.1. The molecule has 2 rings (SSSR count). The molecule has 1 aromatic heterocycles. The van der Waals surface area contributed by atoms with Gasteiger partial charge in [0.25, 0.3) is 5.56 Å². The van der Waals surface area contributed by atoms with Crippen LogP contribution in [-0.4, -0.2) is 58.0 Å². The molecule has 4 atom stereocenters. The maximum Gasteiger partial charge on any atom is 0.490 e. The van der Waals surface area contributed by atoms with Crippen LogP contribution < -0.4 is 11.2 Å². The second kappa shape index (κ2) is 13.2. The van der Waals surface area contributed by atoms with Gasteiger partial charge in [0.05, 0.1) is 12.7 Å². The third-order valence-electron chi connectivity index (χ3n) is 3.67. The number of hydrogen-bond donors (Lipinski definition) is 6. The highest BCUT2D eigenvalue weighted by atomic mass is 127. The van der Waals surface area contributed by atoms with E-state index in [4.69, 9.17) is 24.5 Å². The average molecular weight is 652 g/mol. The Morgan fingerprint density at radius 3 is 2.30 bits per heavy atom. The zero-order chi connectivity index (χ0) is 25.4. The van der Waals surface area contributed by atoms with Crippen molar-refractivity contribution in [2.75, 3.05) is 17.6 Å². The van der Waals surface area contributed by atoms with E-state index in [0.29, 0.717) is 6.61 Å². The summed E-state index contributed by atoms with van der Waals surface area (Å²) in [5.74, 6) is 0. The van der Waals surface area contributed by atoms with Crippen molar-refractivity contribution in [2.24, 2.45) is 0 Å². The molecular weight excluding hydrogens is 628 g/mol.